The van der Waals surface area contributed by atoms with E-state index in [0.29, 0.717) is 12.5 Å². The molecule has 32 heavy (non-hydrogen) atoms. The Morgan fingerprint density at radius 2 is 1.41 bits per heavy atom. The van der Waals surface area contributed by atoms with E-state index in [1.165, 1.54) is 16.3 Å². The van der Waals surface area contributed by atoms with Crippen molar-refractivity contribution in [1.82, 2.24) is 0 Å². The molecule has 1 unspecified atom stereocenters. The van der Waals surface area contributed by atoms with Gasteiger partial charge in [0.25, 0.3) is 0 Å². The van der Waals surface area contributed by atoms with Crippen LogP contribution in [0.25, 0.3) is 21.5 Å². The minimum Gasteiger partial charge on any atom is -0.460 e. The number of rotatable bonds is 8. The van der Waals surface area contributed by atoms with Crippen LogP contribution in [0.5, 0.6) is 0 Å². The Bertz CT molecular complexity index is 1150. The van der Waals surface area contributed by atoms with Gasteiger partial charge in [0.1, 0.15) is 6.61 Å². The quantitative estimate of drug-likeness (QED) is 0.211. The van der Waals surface area contributed by atoms with E-state index >= 15 is 0 Å². The van der Waals surface area contributed by atoms with Crippen LogP contribution in [0, 0.1) is 5.41 Å². The number of benzene rings is 4. The zero-order valence-electron chi connectivity index (χ0n) is 19.3. The number of esters is 1. The lowest BCUT2D eigenvalue weighted by Crippen LogP contribution is -2.27. The molecule has 2 heteroatoms. The SMILES string of the molecule is CCC(CCC(C)(C)C(=O)OCc1c2ccccc2cc2ccccc12)c1ccccc1. The first kappa shape index (κ1) is 22.1. The van der Waals surface area contributed by atoms with E-state index < -0.39 is 5.41 Å². The summed E-state index contributed by atoms with van der Waals surface area (Å²) in [5.74, 6) is 0.336. The summed E-state index contributed by atoms with van der Waals surface area (Å²) in [7, 11) is 0. The third-order valence-corrected chi connectivity index (χ3v) is 6.66. The summed E-state index contributed by atoms with van der Waals surface area (Å²) in [6.07, 6.45) is 2.84. The van der Waals surface area contributed by atoms with E-state index in [0.717, 1.165) is 35.6 Å². The number of hydrogen-bond acceptors (Lipinski definition) is 2. The molecule has 0 aromatic heterocycles. The first-order valence-corrected chi connectivity index (χ1v) is 11.6. The molecule has 0 bridgehead atoms. The van der Waals surface area contributed by atoms with Crippen LogP contribution >= 0.6 is 0 Å². The molecular weight excluding hydrogens is 392 g/mol. The number of fused-ring (bicyclic) bond motifs is 2. The summed E-state index contributed by atoms with van der Waals surface area (Å²) >= 11 is 0. The zero-order valence-corrected chi connectivity index (χ0v) is 19.3. The summed E-state index contributed by atoms with van der Waals surface area (Å²) in [5, 5.41) is 4.63. The molecular formula is C30H32O2. The molecule has 0 N–H and O–H groups in total. The molecule has 0 aliphatic heterocycles. The Labute approximate surface area is 191 Å². The maximum Gasteiger partial charge on any atom is 0.311 e. The maximum absolute atomic E-state index is 13.1. The molecule has 0 radical (unpaired) electrons. The van der Waals surface area contributed by atoms with Gasteiger partial charge in [0, 0.05) is 5.56 Å². The topological polar surface area (TPSA) is 26.3 Å². The standard InChI is InChI=1S/C30H32O2/c1-4-22(23-12-6-5-7-13-23)18-19-30(2,3)29(31)32-21-28-26-16-10-8-14-24(26)20-25-15-9-11-17-27(25)28/h5-17,20,22H,4,18-19,21H2,1-3H3. The number of carbonyl (C=O) groups is 1. The first-order valence-electron chi connectivity index (χ1n) is 11.6. The van der Waals surface area contributed by atoms with Gasteiger partial charge in [-0.15, -0.1) is 0 Å². The van der Waals surface area contributed by atoms with Gasteiger partial charge >= 0.3 is 5.97 Å². The van der Waals surface area contributed by atoms with E-state index in [1.807, 2.05) is 38.1 Å². The van der Waals surface area contributed by atoms with Gasteiger partial charge in [-0.3, -0.25) is 4.79 Å². The Kier molecular flexibility index (Phi) is 6.60. The minimum atomic E-state index is -0.525. The minimum absolute atomic E-state index is 0.127. The second-order valence-corrected chi connectivity index (χ2v) is 9.31. The van der Waals surface area contributed by atoms with Crippen molar-refractivity contribution in [2.75, 3.05) is 0 Å². The van der Waals surface area contributed by atoms with Gasteiger partial charge in [-0.05, 0) is 72.2 Å². The molecule has 0 amide bonds. The average Bonchev–Trinajstić information content (AvgIpc) is 2.82. The van der Waals surface area contributed by atoms with Gasteiger partial charge in [-0.2, -0.15) is 0 Å². The van der Waals surface area contributed by atoms with E-state index in [9.17, 15) is 4.79 Å². The summed E-state index contributed by atoms with van der Waals surface area (Å²) in [6.45, 7) is 6.52. The third-order valence-electron chi connectivity index (χ3n) is 6.66. The third kappa shape index (κ3) is 4.70. The van der Waals surface area contributed by atoms with Crippen LogP contribution in [-0.4, -0.2) is 5.97 Å². The molecule has 0 spiro atoms. The predicted molar refractivity (Wildman–Crippen MR) is 134 cm³/mol. The summed E-state index contributed by atoms with van der Waals surface area (Å²) in [4.78, 5) is 13.1. The highest BCUT2D eigenvalue weighted by molar-refractivity contribution is 6.02. The Morgan fingerprint density at radius 1 is 0.844 bits per heavy atom. The van der Waals surface area contributed by atoms with Crippen molar-refractivity contribution in [2.24, 2.45) is 5.41 Å². The van der Waals surface area contributed by atoms with Crippen molar-refractivity contribution in [3.63, 3.8) is 0 Å². The molecule has 0 aliphatic carbocycles. The van der Waals surface area contributed by atoms with E-state index in [2.05, 4.69) is 67.6 Å². The molecule has 1 atom stereocenters. The van der Waals surface area contributed by atoms with Crippen LogP contribution < -0.4 is 0 Å². The highest BCUT2D eigenvalue weighted by atomic mass is 16.5. The van der Waals surface area contributed by atoms with Crippen LogP contribution in [0.4, 0.5) is 0 Å². The van der Waals surface area contributed by atoms with Crippen LogP contribution in [-0.2, 0) is 16.1 Å². The van der Waals surface area contributed by atoms with Gasteiger partial charge in [0.2, 0.25) is 0 Å². The second-order valence-electron chi connectivity index (χ2n) is 9.31. The number of carbonyl (C=O) groups excluding carboxylic acids is 1. The molecule has 0 fully saturated rings. The lowest BCUT2D eigenvalue weighted by Gasteiger charge is -2.25. The fourth-order valence-electron chi connectivity index (χ4n) is 4.57. The molecule has 4 rings (SSSR count). The van der Waals surface area contributed by atoms with Crippen LogP contribution in [0.3, 0.4) is 0 Å². The van der Waals surface area contributed by atoms with E-state index in [1.54, 1.807) is 0 Å². The lowest BCUT2D eigenvalue weighted by atomic mass is 9.82. The van der Waals surface area contributed by atoms with Crippen molar-refractivity contribution in [3.05, 3.63) is 96.1 Å². The molecule has 0 aliphatic rings. The Morgan fingerprint density at radius 3 is 2.00 bits per heavy atom. The summed E-state index contributed by atoms with van der Waals surface area (Å²) < 4.78 is 5.94. The van der Waals surface area contributed by atoms with E-state index in [-0.39, 0.29) is 5.97 Å². The zero-order chi connectivity index (χ0) is 22.6. The molecule has 0 saturated heterocycles. The number of ether oxygens (including phenoxy) is 1. The molecule has 0 saturated carbocycles. The van der Waals surface area contributed by atoms with Gasteiger partial charge in [0.15, 0.2) is 0 Å². The molecule has 164 valence electrons. The summed E-state index contributed by atoms with van der Waals surface area (Å²) in [6, 6.07) is 29.4. The fourth-order valence-corrected chi connectivity index (χ4v) is 4.57. The highest BCUT2D eigenvalue weighted by Gasteiger charge is 2.30. The van der Waals surface area contributed by atoms with Crippen molar-refractivity contribution >= 4 is 27.5 Å². The van der Waals surface area contributed by atoms with Crippen molar-refractivity contribution < 1.29 is 9.53 Å². The van der Waals surface area contributed by atoms with Crippen molar-refractivity contribution in [2.45, 2.75) is 52.6 Å². The second kappa shape index (κ2) is 9.56. The summed E-state index contributed by atoms with van der Waals surface area (Å²) in [5.41, 5.74) is 1.91. The fraction of sp³-hybridized carbons (Fsp3) is 0.300. The largest absolute Gasteiger partial charge is 0.460 e. The normalized spacial score (nSPS) is 12.7. The Balaban J connectivity index is 1.49. The lowest BCUT2D eigenvalue weighted by molar-refractivity contribution is -0.155. The smallest absolute Gasteiger partial charge is 0.311 e. The molecule has 4 aromatic rings. The van der Waals surface area contributed by atoms with Crippen LogP contribution in [0.1, 0.15) is 57.1 Å². The van der Waals surface area contributed by atoms with Crippen LogP contribution in [0.15, 0.2) is 84.9 Å². The maximum atomic E-state index is 13.1. The van der Waals surface area contributed by atoms with Crippen molar-refractivity contribution in [3.8, 4) is 0 Å². The number of hydrogen-bond donors (Lipinski definition) is 0. The monoisotopic (exact) mass is 424 g/mol. The highest BCUT2D eigenvalue weighted by Crippen LogP contribution is 2.34. The van der Waals surface area contributed by atoms with Crippen molar-refractivity contribution in [1.29, 1.82) is 0 Å². The molecule has 4 aromatic carbocycles. The van der Waals surface area contributed by atoms with E-state index in [4.69, 9.17) is 4.74 Å². The van der Waals surface area contributed by atoms with Gasteiger partial charge in [-0.1, -0.05) is 85.8 Å². The molecule has 0 heterocycles. The van der Waals surface area contributed by atoms with Gasteiger partial charge in [-0.25, -0.2) is 0 Å². The predicted octanol–water partition coefficient (Wildman–Crippen LogP) is 8.04. The van der Waals surface area contributed by atoms with Crippen LogP contribution in [0.2, 0.25) is 0 Å². The van der Waals surface area contributed by atoms with Gasteiger partial charge in [0.05, 0.1) is 5.41 Å². The first-order chi connectivity index (χ1) is 15.5. The molecule has 2 nitrogen and oxygen atoms in total. The van der Waals surface area contributed by atoms with Gasteiger partial charge < -0.3 is 4.74 Å². The Hall–Kier alpha value is -3.13. The average molecular weight is 425 g/mol.